The summed E-state index contributed by atoms with van der Waals surface area (Å²) in [6.07, 6.45) is 1.06. The third-order valence-corrected chi connectivity index (χ3v) is 5.07. The highest BCUT2D eigenvalue weighted by molar-refractivity contribution is 5.88. The molecule has 1 aliphatic heterocycles. The van der Waals surface area contributed by atoms with Crippen LogP contribution in [-0.2, 0) is 13.0 Å². The first kappa shape index (κ1) is 17.9. The summed E-state index contributed by atoms with van der Waals surface area (Å²) in [6.45, 7) is 3.54. The van der Waals surface area contributed by atoms with Crippen LogP contribution in [0.25, 0.3) is 10.9 Å². The summed E-state index contributed by atoms with van der Waals surface area (Å²) >= 11 is 0. The van der Waals surface area contributed by atoms with Gasteiger partial charge in [-0.2, -0.15) is 5.26 Å². The monoisotopic (exact) mass is 373 g/mol. The number of hydrogen-bond donors (Lipinski definition) is 1. The first-order valence-electron chi connectivity index (χ1n) is 9.16. The molecule has 140 valence electrons. The van der Waals surface area contributed by atoms with Gasteiger partial charge in [-0.05, 0) is 29.7 Å². The van der Waals surface area contributed by atoms with Gasteiger partial charge in [-0.3, -0.25) is 15.0 Å². The van der Waals surface area contributed by atoms with E-state index in [2.05, 4.69) is 45.5 Å². The standard InChI is InChI=1S/C21H19N5O2/c22-13-17-11-21(24-20-6-5-18(26(27)28)12-19(17)20)23-8-10-25-9-7-15-3-1-2-4-16(15)14-25/h1-6,11-12H,7-10,14H2,(H,23,24). The minimum atomic E-state index is -0.469. The largest absolute Gasteiger partial charge is 0.369 e. The number of fused-ring (bicyclic) bond motifs is 2. The van der Waals surface area contributed by atoms with Gasteiger partial charge in [0.15, 0.2) is 0 Å². The van der Waals surface area contributed by atoms with Crippen LogP contribution in [0.4, 0.5) is 11.5 Å². The zero-order valence-corrected chi connectivity index (χ0v) is 15.3. The molecule has 1 aliphatic rings. The summed E-state index contributed by atoms with van der Waals surface area (Å²) < 4.78 is 0. The molecule has 0 bridgehead atoms. The van der Waals surface area contributed by atoms with E-state index in [1.54, 1.807) is 12.1 Å². The van der Waals surface area contributed by atoms with Crippen molar-refractivity contribution in [1.82, 2.24) is 9.88 Å². The predicted octanol–water partition coefficient (Wildman–Crippen LogP) is 3.48. The van der Waals surface area contributed by atoms with Gasteiger partial charge in [-0.1, -0.05) is 24.3 Å². The van der Waals surface area contributed by atoms with E-state index in [1.165, 1.54) is 23.3 Å². The van der Waals surface area contributed by atoms with Crippen molar-refractivity contribution in [3.05, 3.63) is 75.3 Å². The fourth-order valence-corrected chi connectivity index (χ4v) is 3.60. The molecule has 2 heterocycles. The van der Waals surface area contributed by atoms with Gasteiger partial charge >= 0.3 is 0 Å². The summed E-state index contributed by atoms with van der Waals surface area (Å²) in [6, 6.07) is 16.7. The molecule has 0 atom stereocenters. The highest BCUT2D eigenvalue weighted by Crippen LogP contribution is 2.25. The third kappa shape index (κ3) is 3.63. The normalized spacial score (nSPS) is 13.7. The molecule has 0 unspecified atom stereocenters. The Labute approximate surface area is 162 Å². The molecule has 0 saturated heterocycles. The summed E-state index contributed by atoms with van der Waals surface area (Å²) in [5, 5.41) is 24.2. The Morgan fingerprint density at radius 1 is 1.21 bits per heavy atom. The van der Waals surface area contributed by atoms with Gasteiger partial charge < -0.3 is 5.32 Å². The lowest BCUT2D eigenvalue weighted by Crippen LogP contribution is -2.34. The Kier molecular flexibility index (Phi) is 4.87. The highest BCUT2D eigenvalue weighted by atomic mass is 16.6. The topological polar surface area (TPSA) is 95.1 Å². The van der Waals surface area contributed by atoms with Crippen LogP contribution in [0, 0.1) is 21.4 Å². The molecule has 0 spiro atoms. The number of aromatic nitrogens is 1. The number of benzene rings is 2. The van der Waals surface area contributed by atoms with Crippen molar-refractivity contribution in [2.24, 2.45) is 0 Å². The number of nitrogens with one attached hydrogen (secondary N) is 1. The quantitative estimate of drug-likeness (QED) is 0.543. The van der Waals surface area contributed by atoms with Crippen LogP contribution in [0.2, 0.25) is 0 Å². The fraction of sp³-hybridized carbons (Fsp3) is 0.238. The maximum Gasteiger partial charge on any atom is 0.270 e. The lowest BCUT2D eigenvalue weighted by molar-refractivity contribution is -0.384. The Morgan fingerprint density at radius 3 is 2.82 bits per heavy atom. The number of pyridine rings is 1. The molecule has 7 heteroatoms. The Hall–Kier alpha value is -3.50. The molecule has 3 aromatic rings. The van der Waals surface area contributed by atoms with Crippen molar-refractivity contribution in [3.8, 4) is 6.07 Å². The maximum absolute atomic E-state index is 11.0. The van der Waals surface area contributed by atoms with Gasteiger partial charge in [-0.25, -0.2) is 4.98 Å². The van der Waals surface area contributed by atoms with Crippen LogP contribution in [0.3, 0.4) is 0 Å². The van der Waals surface area contributed by atoms with Crippen LogP contribution in [0.1, 0.15) is 16.7 Å². The number of nitro groups is 1. The van der Waals surface area contributed by atoms with Crippen molar-refractivity contribution in [2.75, 3.05) is 25.0 Å². The molecule has 1 aromatic heterocycles. The van der Waals surface area contributed by atoms with Crippen LogP contribution in [0.5, 0.6) is 0 Å². The van der Waals surface area contributed by atoms with E-state index in [4.69, 9.17) is 0 Å². The molecule has 7 nitrogen and oxygen atoms in total. The Balaban J connectivity index is 1.45. The third-order valence-electron chi connectivity index (χ3n) is 5.07. The first-order chi connectivity index (χ1) is 13.6. The van der Waals surface area contributed by atoms with E-state index < -0.39 is 4.92 Å². The van der Waals surface area contributed by atoms with Crippen LogP contribution < -0.4 is 5.32 Å². The molecule has 0 aliphatic carbocycles. The molecule has 0 saturated carbocycles. The van der Waals surface area contributed by atoms with Gasteiger partial charge in [0.2, 0.25) is 0 Å². The van der Waals surface area contributed by atoms with E-state index in [0.717, 1.165) is 26.1 Å². The van der Waals surface area contributed by atoms with E-state index in [1.807, 2.05) is 0 Å². The zero-order chi connectivity index (χ0) is 19.5. The summed E-state index contributed by atoms with van der Waals surface area (Å²) in [7, 11) is 0. The zero-order valence-electron chi connectivity index (χ0n) is 15.3. The number of anilines is 1. The van der Waals surface area contributed by atoms with Crippen molar-refractivity contribution in [1.29, 1.82) is 5.26 Å². The van der Waals surface area contributed by atoms with Gasteiger partial charge in [0, 0.05) is 43.7 Å². The van der Waals surface area contributed by atoms with Gasteiger partial charge in [0.05, 0.1) is 22.1 Å². The first-order valence-corrected chi connectivity index (χ1v) is 9.16. The average molecular weight is 373 g/mol. The van der Waals surface area contributed by atoms with E-state index in [0.29, 0.717) is 28.8 Å². The summed E-state index contributed by atoms with van der Waals surface area (Å²) in [4.78, 5) is 17.4. The van der Waals surface area contributed by atoms with Gasteiger partial charge in [0.25, 0.3) is 5.69 Å². The predicted molar refractivity (Wildman–Crippen MR) is 107 cm³/mol. The van der Waals surface area contributed by atoms with Gasteiger partial charge in [-0.15, -0.1) is 0 Å². The van der Waals surface area contributed by atoms with Crippen molar-refractivity contribution >= 4 is 22.4 Å². The van der Waals surface area contributed by atoms with Crippen LogP contribution in [-0.4, -0.2) is 34.4 Å². The fourth-order valence-electron chi connectivity index (χ4n) is 3.60. The minimum absolute atomic E-state index is 0.0445. The van der Waals surface area contributed by atoms with Crippen molar-refractivity contribution < 1.29 is 4.92 Å². The molecule has 1 N–H and O–H groups in total. The molecule has 2 aromatic carbocycles. The van der Waals surface area contributed by atoms with Crippen LogP contribution in [0.15, 0.2) is 48.5 Å². The molecule has 0 radical (unpaired) electrons. The number of non-ortho nitro benzene ring substituents is 1. The number of nitro benzene ring substituents is 1. The second-order valence-corrected chi connectivity index (χ2v) is 6.85. The minimum Gasteiger partial charge on any atom is -0.369 e. The number of nitrogens with zero attached hydrogens (tertiary/aromatic N) is 4. The number of rotatable bonds is 5. The Morgan fingerprint density at radius 2 is 2.04 bits per heavy atom. The summed E-state index contributed by atoms with van der Waals surface area (Å²) in [5.41, 5.74) is 3.71. The number of hydrogen-bond acceptors (Lipinski definition) is 6. The Bertz CT molecular complexity index is 1090. The van der Waals surface area contributed by atoms with Crippen molar-refractivity contribution in [3.63, 3.8) is 0 Å². The summed E-state index contributed by atoms with van der Waals surface area (Å²) in [5.74, 6) is 0.607. The maximum atomic E-state index is 11.0. The molecule has 0 fully saturated rings. The molecule has 4 rings (SSSR count). The second-order valence-electron chi connectivity index (χ2n) is 6.85. The van der Waals surface area contributed by atoms with E-state index in [-0.39, 0.29) is 5.69 Å². The molecule has 28 heavy (non-hydrogen) atoms. The van der Waals surface area contributed by atoms with Crippen LogP contribution >= 0.6 is 0 Å². The van der Waals surface area contributed by atoms with E-state index >= 15 is 0 Å². The molecular formula is C21H19N5O2. The smallest absolute Gasteiger partial charge is 0.270 e. The molecular weight excluding hydrogens is 354 g/mol. The second kappa shape index (κ2) is 7.62. The average Bonchev–Trinajstić information content (AvgIpc) is 2.72. The lowest BCUT2D eigenvalue weighted by atomic mass is 10.00. The van der Waals surface area contributed by atoms with E-state index in [9.17, 15) is 15.4 Å². The molecule has 0 amide bonds. The van der Waals surface area contributed by atoms with Gasteiger partial charge in [0.1, 0.15) is 5.82 Å². The highest BCUT2D eigenvalue weighted by Gasteiger charge is 2.15. The SMILES string of the molecule is N#Cc1cc(NCCN2CCc3ccccc3C2)nc2ccc([N+](=O)[O-])cc12. The van der Waals surface area contributed by atoms with Crippen molar-refractivity contribution in [2.45, 2.75) is 13.0 Å². The number of nitriles is 1. The lowest BCUT2D eigenvalue weighted by Gasteiger charge is -2.28.